The zero-order chi connectivity index (χ0) is 15.2. The standard InChI is InChI=1S/C17H25N3O/c1-5-6-11-21-16-9-7-15(8-10-16)12-18-17-13(2)19-20(4)14(17)3/h7-10,18H,5-6,11-12H2,1-4H3. The molecule has 0 spiro atoms. The van der Waals surface area contributed by atoms with E-state index in [0.717, 1.165) is 48.8 Å². The maximum atomic E-state index is 5.67. The van der Waals surface area contributed by atoms with E-state index in [1.165, 1.54) is 5.56 Å². The summed E-state index contributed by atoms with van der Waals surface area (Å²) in [7, 11) is 1.97. The van der Waals surface area contributed by atoms with E-state index < -0.39 is 0 Å². The molecule has 1 aromatic carbocycles. The number of ether oxygens (including phenoxy) is 1. The number of nitrogens with zero attached hydrogens (tertiary/aromatic N) is 2. The molecule has 0 radical (unpaired) electrons. The van der Waals surface area contributed by atoms with Crippen LogP contribution < -0.4 is 10.1 Å². The van der Waals surface area contributed by atoms with Crippen molar-refractivity contribution in [3.63, 3.8) is 0 Å². The SMILES string of the molecule is CCCCOc1ccc(CNc2c(C)nn(C)c2C)cc1. The predicted molar refractivity (Wildman–Crippen MR) is 86.9 cm³/mol. The Balaban J connectivity index is 1.91. The van der Waals surface area contributed by atoms with Crippen molar-refractivity contribution in [1.82, 2.24) is 9.78 Å². The van der Waals surface area contributed by atoms with Crippen molar-refractivity contribution in [2.45, 2.75) is 40.2 Å². The highest BCUT2D eigenvalue weighted by molar-refractivity contribution is 5.52. The van der Waals surface area contributed by atoms with Crippen LogP contribution in [0.4, 0.5) is 5.69 Å². The first-order valence-electron chi connectivity index (χ1n) is 7.57. The zero-order valence-electron chi connectivity index (χ0n) is 13.4. The van der Waals surface area contributed by atoms with Gasteiger partial charge in [0.25, 0.3) is 0 Å². The molecule has 0 aliphatic heterocycles. The summed E-state index contributed by atoms with van der Waals surface area (Å²) in [6, 6.07) is 8.29. The third-order valence-corrected chi connectivity index (χ3v) is 3.67. The Bertz CT molecular complexity index is 572. The van der Waals surface area contributed by atoms with Gasteiger partial charge in [0.2, 0.25) is 0 Å². The number of aryl methyl sites for hydroxylation is 2. The van der Waals surface area contributed by atoms with E-state index in [4.69, 9.17) is 4.74 Å². The van der Waals surface area contributed by atoms with Gasteiger partial charge in [-0.3, -0.25) is 4.68 Å². The highest BCUT2D eigenvalue weighted by Crippen LogP contribution is 2.20. The van der Waals surface area contributed by atoms with E-state index in [1.807, 2.05) is 30.8 Å². The van der Waals surface area contributed by atoms with Crippen LogP contribution >= 0.6 is 0 Å². The van der Waals surface area contributed by atoms with Crippen molar-refractivity contribution in [2.75, 3.05) is 11.9 Å². The van der Waals surface area contributed by atoms with Gasteiger partial charge in [-0.1, -0.05) is 25.5 Å². The molecule has 0 fully saturated rings. The molecule has 0 aliphatic rings. The average molecular weight is 287 g/mol. The second kappa shape index (κ2) is 7.16. The zero-order valence-corrected chi connectivity index (χ0v) is 13.4. The summed E-state index contributed by atoms with van der Waals surface area (Å²) in [5.41, 5.74) is 4.56. The minimum atomic E-state index is 0.794. The van der Waals surface area contributed by atoms with Crippen LogP contribution in [0.3, 0.4) is 0 Å². The van der Waals surface area contributed by atoms with Gasteiger partial charge in [0.15, 0.2) is 0 Å². The third kappa shape index (κ3) is 4.00. The molecule has 0 atom stereocenters. The van der Waals surface area contributed by atoms with Crippen LogP contribution in [0.5, 0.6) is 5.75 Å². The molecule has 0 saturated carbocycles. The van der Waals surface area contributed by atoms with Crippen molar-refractivity contribution in [3.8, 4) is 5.75 Å². The van der Waals surface area contributed by atoms with Gasteiger partial charge in [0.05, 0.1) is 23.7 Å². The molecule has 0 saturated heterocycles. The number of benzene rings is 1. The number of rotatable bonds is 7. The summed E-state index contributed by atoms with van der Waals surface area (Å²) < 4.78 is 7.58. The minimum absolute atomic E-state index is 0.794. The normalized spacial score (nSPS) is 10.7. The highest BCUT2D eigenvalue weighted by atomic mass is 16.5. The molecule has 0 amide bonds. The van der Waals surface area contributed by atoms with Crippen LogP contribution in [0, 0.1) is 13.8 Å². The minimum Gasteiger partial charge on any atom is -0.494 e. The Morgan fingerprint density at radius 3 is 2.48 bits per heavy atom. The molecule has 1 aromatic heterocycles. The summed E-state index contributed by atoms with van der Waals surface area (Å²) in [6.45, 7) is 7.86. The maximum absolute atomic E-state index is 5.67. The van der Waals surface area contributed by atoms with Gasteiger partial charge in [-0.05, 0) is 38.0 Å². The lowest BCUT2D eigenvalue weighted by atomic mass is 10.2. The average Bonchev–Trinajstić information content (AvgIpc) is 2.72. The molecule has 0 aliphatic carbocycles. The Kier molecular flexibility index (Phi) is 5.26. The van der Waals surface area contributed by atoms with Crippen molar-refractivity contribution in [1.29, 1.82) is 0 Å². The number of unbranched alkanes of at least 4 members (excludes halogenated alkanes) is 1. The maximum Gasteiger partial charge on any atom is 0.119 e. The first kappa shape index (κ1) is 15.4. The van der Waals surface area contributed by atoms with Crippen molar-refractivity contribution < 1.29 is 4.74 Å². The fraction of sp³-hybridized carbons (Fsp3) is 0.471. The fourth-order valence-electron chi connectivity index (χ4n) is 2.26. The van der Waals surface area contributed by atoms with Gasteiger partial charge in [-0.15, -0.1) is 0 Å². The molecule has 114 valence electrons. The number of anilines is 1. The van der Waals surface area contributed by atoms with Crippen LogP contribution in [0.2, 0.25) is 0 Å². The lowest BCUT2D eigenvalue weighted by Crippen LogP contribution is -2.02. The van der Waals surface area contributed by atoms with Crippen molar-refractivity contribution in [3.05, 3.63) is 41.2 Å². The molecule has 1 N–H and O–H groups in total. The second-order valence-electron chi connectivity index (χ2n) is 5.37. The van der Waals surface area contributed by atoms with Crippen LogP contribution in [-0.2, 0) is 13.6 Å². The molecular weight excluding hydrogens is 262 g/mol. The van der Waals surface area contributed by atoms with Crippen LogP contribution in [0.15, 0.2) is 24.3 Å². The summed E-state index contributed by atoms with van der Waals surface area (Å²) in [4.78, 5) is 0. The molecule has 21 heavy (non-hydrogen) atoms. The number of hydrogen-bond donors (Lipinski definition) is 1. The second-order valence-corrected chi connectivity index (χ2v) is 5.37. The largest absolute Gasteiger partial charge is 0.494 e. The number of aromatic nitrogens is 2. The number of hydrogen-bond acceptors (Lipinski definition) is 3. The smallest absolute Gasteiger partial charge is 0.119 e. The van der Waals surface area contributed by atoms with E-state index in [0.29, 0.717) is 0 Å². The molecular formula is C17H25N3O. The van der Waals surface area contributed by atoms with Gasteiger partial charge < -0.3 is 10.1 Å². The van der Waals surface area contributed by atoms with Crippen LogP contribution in [0.25, 0.3) is 0 Å². The van der Waals surface area contributed by atoms with Gasteiger partial charge in [0, 0.05) is 13.6 Å². The lowest BCUT2D eigenvalue weighted by Gasteiger charge is -2.09. The van der Waals surface area contributed by atoms with E-state index >= 15 is 0 Å². The van der Waals surface area contributed by atoms with Crippen LogP contribution in [-0.4, -0.2) is 16.4 Å². The molecule has 1 heterocycles. The van der Waals surface area contributed by atoms with Crippen molar-refractivity contribution in [2.24, 2.45) is 7.05 Å². The molecule has 2 rings (SSSR count). The Morgan fingerprint density at radius 1 is 1.19 bits per heavy atom. The molecule has 4 heteroatoms. The fourth-order valence-corrected chi connectivity index (χ4v) is 2.26. The van der Waals surface area contributed by atoms with E-state index in [2.05, 4.69) is 36.4 Å². The summed E-state index contributed by atoms with van der Waals surface area (Å²) in [5, 5.41) is 7.88. The third-order valence-electron chi connectivity index (χ3n) is 3.67. The predicted octanol–water partition coefficient (Wildman–Crippen LogP) is 3.83. The Hall–Kier alpha value is -1.97. The van der Waals surface area contributed by atoms with Crippen LogP contribution in [0.1, 0.15) is 36.7 Å². The molecule has 0 unspecified atom stereocenters. The van der Waals surface area contributed by atoms with Crippen molar-refractivity contribution >= 4 is 5.69 Å². The molecule has 4 nitrogen and oxygen atoms in total. The quantitative estimate of drug-likeness (QED) is 0.787. The Labute approximate surface area is 127 Å². The topological polar surface area (TPSA) is 39.1 Å². The van der Waals surface area contributed by atoms with Gasteiger partial charge >= 0.3 is 0 Å². The number of nitrogens with one attached hydrogen (secondary N) is 1. The Morgan fingerprint density at radius 2 is 1.90 bits per heavy atom. The summed E-state index contributed by atoms with van der Waals surface area (Å²) in [6.07, 6.45) is 2.26. The molecule has 2 aromatic rings. The van der Waals surface area contributed by atoms with E-state index in [9.17, 15) is 0 Å². The summed E-state index contributed by atoms with van der Waals surface area (Å²) >= 11 is 0. The highest BCUT2D eigenvalue weighted by Gasteiger charge is 2.08. The van der Waals surface area contributed by atoms with Gasteiger partial charge in [-0.25, -0.2) is 0 Å². The summed E-state index contributed by atoms with van der Waals surface area (Å²) in [5.74, 6) is 0.945. The molecule has 0 bridgehead atoms. The first-order valence-corrected chi connectivity index (χ1v) is 7.57. The first-order chi connectivity index (χ1) is 10.1. The van der Waals surface area contributed by atoms with E-state index in [1.54, 1.807) is 0 Å². The monoisotopic (exact) mass is 287 g/mol. The van der Waals surface area contributed by atoms with E-state index in [-0.39, 0.29) is 0 Å². The van der Waals surface area contributed by atoms with Gasteiger partial charge in [0.1, 0.15) is 5.75 Å². The lowest BCUT2D eigenvalue weighted by molar-refractivity contribution is 0.309. The van der Waals surface area contributed by atoms with Gasteiger partial charge in [-0.2, -0.15) is 5.10 Å².